The van der Waals surface area contributed by atoms with Crippen LogP contribution in [-0.4, -0.2) is 31.1 Å². The SMILES string of the molecule is CCN(CC)C1Cc2ccc(OC)cc2C1N. The van der Waals surface area contributed by atoms with Crippen molar-refractivity contribution >= 4 is 0 Å². The molecule has 0 bridgehead atoms. The van der Waals surface area contributed by atoms with Gasteiger partial charge in [-0.2, -0.15) is 0 Å². The Morgan fingerprint density at radius 3 is 2.65 bits per heavy atom. The molecular formula is C14H22N2O. The third-order valence-electron chi connectivity index (χ3n) is 3.84. The van der Waals surface area contributed by atoms with Gasteiger partial charge in [-0.05, 0) is 42.8 Å². The number of hydrogen-bond acceptors (Lipinski definition) is 3. The maximum atomic E-state index is 6.37. The highest BCUT2D eigenvalue weighted by Gasteiger charge is 2.32. The van der Waals surface area contributed by atoms with Crippen molar-refractivity contribution in [2.24, 2.45) is 5.73 Å². The molecule has 17 heavy (non-hydrogen) atoms. The van der Waals surface area contributed by atoms with E-state index in [1.807, 2.05) is 6.07 Å². The second-order valence-corrected chi connectivity index (χ2v) is 4.58. The third kappa shape index (κ3) is 2.17. The van der Waals surface area contributed by atoms with Crippen molar-refractivity contribution in [1.29, 1.82) is 0 Å². The summed E-state index contributed by atoms with van der Waals surface area (Å²) in [5.74, 6) is 0.902. The summed E-state index contributed by atoms with van der Waals surface area (Å²) in [7, 11) is 1.70. The number of rotatable bonds is 4. The molecule has 0 spiro atoms. The van der Waals surface area contributed by atoms with Gasteiger partial charge in [-0.15, -0.1) is 0 Å². The Kier molecular flexibility index (Phi) is 3.69. The monoisotopic (exact) mass is 234 g/mol. The molecule has 0 aliphatic heterocycles. The summed E-state index contributed by atoms with van der Waals surface area (Å²) in [5, 5.41) is 0. The molecule has 0 aromatic heterocycles. The summed E-state index contributed by atoms with van der Waals surface area (Å²) in [6.07, 6.45) is 1.06. The van der Waals surface area contributed by atoms with E-state index in [1.165, 1.54) is 11.1 Å². The summed E-state index contributed by atoms with van der Waals surface area (Å²) in [6, 6.07) is 6.81. The van der Waals surface area contributed by atoms with Crippen LogP contribution >= 0.6 is 0 Å². The minimum absolute atomic E-state index is 0.111. The van der Waals surface area contributed by atoms with Crippen LogP contribution in [0.25, 0.3) is 0 Å². The number of fused-ring (bicyclic) bond motifs is 1. The van der Waals surface area contributed by atoms with Gasteiger partial charge in [0.15, 0.2) is 0 Å². The van der Waals surface area contributed by atoms with Crippen molar-refractivity contribution in [3.05, 3.63) is 29.3 Å². The normalized spacial score (nSPS) is 22.9. The molecule has 0 fully saturated rings. The number of nitrogens with zero attached hydrogens (tertiary/aromatic N) is 1. The number of hydrogen-bond donors (Lipinski definition) is 1. The van der Waals surface area contributed by atoms with Gasteiger partial charge in [0, 0.05) is 12.1 Å². The van der Waals surface area contributed by atoms with Crippen LogP contribution in [0.2, 0.25) is 0 Å². The van der Waals surface area contributed by atoms with E-state index < -0.39 is 0 Å². The van der Waals surface area contributed by atoms with Gasteiger partial charge in [0.25, 0.3) is 0 Å². The van der Waals surface area contributed by atoms with Gasteiger partial charge < -0.3 is 10.5 Å². The summed E-state index contributed by atoms with van der Waals surface area (Å²) < 4.78 is 5.27. The van der Waals surface area contributed by atoms with E-state index in [-0.39, 0.29) is 6.04 Å². The molecular weight excluding hydrogens is 212 g/mol. The quantitative estimate of drug-likeness (QED) is 0.865. The van der Waals surface area contributed by atoms with Gasteiger partial charge in [-0.3, -0.25) is 4.90 Å². The zero-order valence-corrected chi connectivity index (χ0v) is 10.9. The average molecular weight is 234 g/mol. The van der Waals surface area contributed by atoms with E-state index in [4.69, 9.17) is 10.5 Å². The molecule has 2 N–H and O–H groups in total. The first-order valence-electron chi connectivity index (χ1n) is 6.37. The van der Waals surface area contributed by atoms with Gasteiger partial charge in [0.1, 0.15) is 5.75 Å². The van der Waals surface area contributed by atoms with Crippen LogP contribution in [0.5, 0.6) is 5.75 Å². The van der Waals surface area contributed by atoms with Gasteiger partial charge in [-0.25, -0.2) is 0 Å². The predicted octanol–water partition coefficient (Wildman–Crippen LogP) is 1.96. The topological polar surface area (TPSA) is 38.5 Å². The lowest BCUT2D eigenvalue weighted by molar-refractivity contribution is 0.199. The Labute approximate surface area is 104 Å². The molecule has 1 aromatic rings. The smallest absolute Gasteiger partial charge is 0.119 e. The maximum absolute atomic E-state index is 6.37. The maximum Gasteiger partial charge on any atom is 0.119 e. The summed E-state index contributed by atoms with van der Waals surface area (Å²) in [5.41, 5.74) is 8.99. The summed E-state index contributed by atoms with van der Waals surface area (Å²) >= 11 is 0. The molecule has 1 aliphatic rings. The highest BCUT2D eigenvalue weighted by Crippen LogP contribution is 2.34. The average Bonchev–Trinajstić information content (AvgIpc) is 2.68. The first-order chi connectivity index (χ1) is 8.21. The van der Waals surface area contributed by atoms with Gasteiger partial charge in [-0.1, -0.05) is 19.9 Å². The zero-order chi connectivity index (χ0) is 12.4. The van der Waals surface area contributed by atoms with Crippen molar-refractivity contribution in [1.82, 2.24) is 4.90 Å². The first-order valence-corrected chi connectivity index (χ1v) is 6.37. The second kappa shape index (κ2) is 5.07. The Morgan fingerprint density at radius 2 is 2.06 bits per heavy atom. The van der Waals surface area contributed by atoms with Crippen LogP contribution in [-0.2, 0) is 6.42 Å². The molecule has 1 aliphatic carbocycles. The molecule has 3 nitrogen and oxygen atoms in total. The van der Waals surface area contributed by atoms with E-state index in [1.54, 1.807) is 7.11 Å². The minimum Gasteiger partial charge on any atom is -0.497 e. The van der Waals surface area contributed by atoms with Crippen LogP contribution < -0.4 is 10.5 Å². The minimum atomic E-state index is 0.111. The zero-order valence-electron chi connectivity index (χ0n) is 10.9. The van der Waals surface area contributed by atoms with E-state index in [0.29, 0.717) is 6.04 Å². The Bertz CT molecular complexity index is 388. The fourth-order valence-corrected chi connectivity index (χ4v) is 2.80. The van der Waals surface area contributed by atoms with Gasteiger partial charge in [0.2, 0.25) is 0 Å². The number of likely N-dealkylation sites (N-methyl/N-ethyl adjacent to an activating group) is 1. The number of methoxy groups -OCH3 is 1. The van der Waals surface area contributed by atoms with E-state index in [2.05, 4.69) is 30.9 Å². The molecule has 2 rings (SSSR count). The number of benzene rings is 1. The number of nitrogens with two attached hydrogens (primary N) is 1. The molecule has 3 heteroatoms. The molecule has 0 saturated carbocycles. The highest BCUT2D eigenvalue weighted by molar-refractivity contribution is 5.42. The lowest BCUT2D eigenvalue weighted by atomic mass is 10.1. The van der Waals surface area contributed by atoms with Crippen molar-refractivity contribution in [2.75, 3.05) is 20.2 Å². The Balaban J connectivity index is 2.25. The van der Waals surface area contributed by atoms with Crippen LogP contribution in [0.15, 0.2) is 18.2 Å². The summed E-state index contributed by atoms with van der Waals surface area (Å²) in [4.78, 5) is 2.44. The van der Waals surface area contributed by atoms with Crippen molar-refractivity contribution in [3.63, 3.8) is 0 Å². The Morgan fingerprint density at radius 1 is 1.35 bits per heavy atom. The third-order valence-corrected chi connectivity index (χ3v) is 3.84. The lowest BCUT2D eigenvalue weighted by Crippen LogP contribution is -2.40. The van der Waals surface area contributed by atoms with E-state index >= 15 is 0 Å². The molecule has 0 heterocycles. The van der Waals surface area contributed by atoms with Gasteiger partial charge >= 0.3 is 0 Å². The molecule has 0 saturated heterocycles. The highest BCUT2D eigenvalue weighted by atomic mass is 16.5. The molecule has 2 unspecified atom stereocenters. The Hall–Kier alpha value is -1.06. The van der Waals surface area contributed by atoms with Crippen LogP contribution in [0.3, 0.4) is 0 Å². The van der Waals surface area contributed by atoms with Crippen molar-refractivity contribution < 1.29 is 4.74 Å². The van der Waals surface area contributed by atoms with Gasteiger partial charge in [0.05, 0.1) is 7.11 Å². The standard InChI is InChI=1S/C14H22N2O/c1-4-16(5-2)13-8-10-6-7-11(17-3)9-12(10)14(13)15/h6-7,9,13-14H,4-5,8,15H2,1-3H3. The molecule has 1 aromatic carbocycles. The second-order valence-electron chi connectivity index (χ2n) is 4.58. The fourth-order valence-electron chi connectivity index (χ4n) is 2.80. The number of ether oxygens (including phenoxy) is 1. The molecule has 94 valence electrons. The molecule has 0 radical (unpaired) electrons. The van der Waals surface area contributed by atoms with E-state index in [0.717, 1.165) is 25.3 Å². The van der Waals surface area contributed by atoms with Crippen LogP contribution in [0, 0.1) is 0 Å². The predicted molar refractivity (Wildman–Crippen MR) is 70.3 cm³/mol. The van der Waals surface area contributed by atoms with Crippen LogP contribution in [0.1, 0.15) is 31.0 Å². The lowest BCUT2D eigenvalue weighted by Gasteiger charge is -2.29. The van der Waals surface area contributed by atoms with E-state index in [9.17, 15) is 0 Å². The van der Waals surface area contributed by atoms with Crippen molar-refractivity contribution in [2.45, 2.75) is 32.4 Å². The molecule has 2 atom stereocenters. The summed E-state index contributed by atoms with van der Waals surface area (Å²) in [6.45, 7) is 6.50. The van der Waals surface area contributed by atoms with Crippen LogP contribution in [0.4, 0.5) is 0 Å². The fraction of sp³-hybridized carbons (Fsp3) is 0.571. The van der Waals surface area contributed by atoms with Crippen molar-refractivity contribution in [3.8, 4) is 5.75 Å². The molecule has 0 amide bonds. The first kappa shape index (κ1) is 12.4. The largest absolute Gasteiger partial charge is 0.497 e.